The van der Waals surface area contributed by atoms with Gasteiger partial charge in [-0.25, -0.2) is 0 Å². The van der Waals surface area contributed by atoms with Crippen molar-refractivity contribution in [2.75, 3.05) is 0 Å². The van der Waals surface area contributed by atoms with Crippen molar-refractivity contribution >= 4 is 11.8 Å². The van der Waals surface area contributed by atoms with Crippen molar-refractivity contribution in [3.63, 3.8) is 0 Å². The number of halogens is 3. The molecule has 3 rings (SSSR count). The van der Waals surface area contributed by atoms with E-state index in [1.54, 1.807) is 12.1 Å². The summed E-state index contributed by atoms with van der Waals surface area (Å²) in [5.41, 5.74) is 0.549. The lowest BCUT2D eigenvalue weighted by molar-refractivity contribution is -0.137. The molecular weight excluding hydrogens is 283 g/mol. The second-order valence-electron chi connectivity index (χ2n) is 4.59. The lowest BCUT2D eigenvalue weighted by atomic mass is 9.96. The van der Waals surface area contributed by atoms with Crippen molar-refractivity contribution in [2.24, 2.45) is 0 Å². The fraction of sp³-hybridized carbons (Fsp3) is 0.0667. The Morgan fingerprint density at radius 2 is 1.43 bits per heavy atom. The van der Waals surface area contributed by atoms with Crippen LogP contribution in [0.4, 0.5) is 13.2 Å². The summed E-state index contributed by atoms with van der Waals surface area (Å²) in [5, 5.41) is 2.17. The predicted octanol–water partition coefficient (Wildman–Crippen LogP) is 3.26. The lowest BCUT2D eigenvalue weighted by Gasteiger charge is -2.09. The van der Waals surface area contributed by atoms with E-state index in [0.717, 1.165) is 12.1 Å². The first-order valence-corrected chi connectivity index (χ1v) is 6.04. The molecule has 3 nitrogen and oxygen atoms in total. The Morgan fingerprint density at radius 3 is 2.05 bits per heavy atom. The van der Waals surface area contributed by atoms with Gasteiger partial charge >= 0.3 is 6.18 Å². The molecule has 6 heteroatoms. The summed E-state index contributed by atoms with van der Waals surface area (Å²) in [7, 11) is 0. The molecule has 1 heterocycles. The fourth-order valence-electron chi connectivity index (χ4n) is 2.30. The van der Waals surface area contributed by atoms with Crippen molar-refractivity contribution < 1.29 is 22.8 Å². The number of nitrogens with one attached hydrogen (secondary N) is 1. The molecule has 1 aliphatic heterocycles. The Hall–Kier alpha value is -2.63. The second-order valence-corrected chi connectivity index (χ2v) is 4.59. The van der Waals surface area contributed by atoms with Gasteiger partial charge in [0, 0.05) is 0 Å². The van der Waals surface area contributed by atoms with Crippen molar-refractivity contribution in [3.05, 3.63) is 59.2 Å². The highest BCUT2D eigenvalue weighted by atomic mass is 19.4. The zero-order valence-electron chi connectivity index (χ0n) is 10.5. The number of hydrogen-bond acceptors (Lipinski definition) is 2. The number of imide groups is 1. The van der Waals surface area contributed by atoms with Gasteiger partial charge < -0.3 is 0 Å². The molecule has 0 aliphatic carbocycles. The van der Waals surface area contributed by atoms with Crippen molar-refractivity contribution in [2.45, 2.75) is 6.18 Å². The Morgan fingerprint density at radius 1 is 0.810 bits per heavy atom. The summed E-state index contributed by atoms with van der Waals surface area (Å²) in [6, 6.07) is 9.16. The summed E-state index contributed by atoms with van der Waals surface area (Å²) in [4.78, 5) is 23.3. The van der Waals surface area contributed by atoms with Crippen molar-refractivity contribution in [3.8, 4) is 11.1 Å². The summed E-state index contributed by atoms with van der Waals surface area (Å²) < 4.78 is 37.6. The zero-order chi connectivity index (χ0) is 15.2. The quantitative estimate of drug-likeness (QED) is 0.820. The van der Waals surface area contributed by atoms with Gasteiger partial charge in [0.05, 0.1) is 16.7 Å². The number of hydrogen-bond donors (Lipinski definition) is 1. The Kier molecular flexibility index (Phi) is 2.83. The topological polar surface area (TPSA) is 46.2 Å². The molecule has 0 spiro atoms. The number of alkyl halides is 3. The predicted molar refractivity (Wildman–Crippen MR) is 68.7 cm³/mol. The number of carbonyl (C=O) groups is 2. The first kappa shape index (κ1) is 13.4. The highest BCUT2D eigenvalue weighted by molar-refractivity contribution is 6.24. The van der Waals surface area contributed by atoms with Crippen molar-refractivity contribution in [1.82, 2.24) is 5.32 Å². The lowest BCUT2D eigenvalue weighted by Crippen LogP contribution is -2.20. The molecule has 21 heavy (non-hydrogen) atoms. The van der Waals surface area contributed by atoms with E-state index < -0.39 is 23.6 Å². The fourth-order valence-corrected chi connectivity index (χ4v) is 2.30. The van der Waals surface area contributed by atoms with Crippen LogP contribution in [0.15, 0.2) is 42.5 Å². The van der Waals surface area contributed by atoms with E-state index in [1.807, 2.05) is 0 Å². The first-order chi connectivity index (χ1) is 9.88. The summed E-state index contributed by atoms with van der Waals surface area (Å²) in [6.45, 7) is 0. The van der Waals surface area contributed by atoms with Gasteiger partial charge in [0.1, 0.15) is 0 Å². The van der Waals surface area contributed by atoms with Gasteiger partial charge in [0.2, 0.25) is 0 Å². The molecule has 1 aliphatic rings. The SMILES string of the molecule is O=C1NC(=O)c2c1cccc2-c1ccc(C(F)(F)F)cc1. The van der Waals surface area contributed by atoms with Gasteiger partial charge in [-0.15, -0.1) is 0 Å². The number of amides is 2. The summed E-state index contributed by atoms with van der Waals surface area (Å²) >= 11 is 0. The molecule has 2 amide bonds. The molecule has 1 N–H and O–H groups in total. The van der Waals surface area contributed by atoms with E-state index in [1.165, 1.54) is 18.2 Å². The van der Waals surface area contributed by atoms with Crippen LogP contribution in [0.3, 0.4) is 0 Å². The monoisotopic (exact) mass is 291 g/mol. The maximum Gasteiger partial charge on any atom is 0.416 e. The number of benzene rings is 2. The van der Waals surface area contributed by atoms with Crippen LogP contribution in [0, 0.1) is 0 Å². The zero-order valence-corrected chi connectivity index (χ0v) is 10.5. The van der Waals surface area contributed by atoms with Gasteiger partial charge in [-0.1, -0.05) is 24.3 Å². The van der Waals surface area contributed by atoms with Crippen molar-refractivity contribution in [1.29, 1.82) is 0 Å². The first-order valence-electron chi connectivity index (χ1n) is 6.04. The highest BCUT2D eigenvalue weighted by Crippen LogP contribution is 2.33. The Labute approximate surface area is 117 Å². The van der Waals surface area contributed by atoms with Crippen LogP contribution in [0.5, 0.6) is 0 Å². The third kappa shape index (κ3) is 2.18. The number of carbonyl (C=O) groups excluding carboxylic acids is 2. The average Bonchev–Trinajstić information content (AvgIpc) is 2.73. The molecule has 0 saturated heterocycles. The van der Waals surface area contributed by atoms with Crippen LogP contribution in [-0.4, -0.2) is 11.8 Å². The number of rotatable bonds is 1. The Bertz CT molecular complexity index is 749. The number of fused-ring (bicyclic) bond motifs is 1. The normalized spacial score (nSPS) is 14.0. The van der Waals surface area contributed by atoms with Gasteiger partial charge in [-0.05, 0) is 29.3 Å². The molecule has 0 saturated carbocycles. The summed E-state index contributed by atoms with van der Waals surface area (Å²) in [6.07, 6.45) is -4.41. The van der Waals surface area contributed by atoms with Crippen LogP contribution in [0.2, 0.25) is 0 Å². The van der Waals surface area contributed by atoms with Gasteiger partial charge in [-0.2, -0.15) is 13.2 Å². The van der Waals surface area contributed by atoms with Crippen LogP contribution < -0.4 is 5.32 Å². The van der Waals surface area contributed by atoms with Crippen LogP contribution in [-0.2, 0) is 6.18 Å². The standard InChI is InChI=1S/C15H8F3NO2/c16-15(17,18)9-6-4-8(5-7-9)10-2-1-3-11-12(10)14(21)19-13(11)20/h1-7H,(H,19,20,21). The molecule has 2 aromatic rings. The minimum absolute atomic E-state index is 0.197. The Balaban J connectivity index is 2.11. The van der Waals surface area contributed by atoms with E-state index in [4.69, 9.17) is 0 Å². The van der Waals surface area contributed by atoms with Gasteiger partial charge in [0.25, 0.3) is 11.8 Å². The maximum absolute atomic E-state index is 12.5. The van der Waals surface area contributed by atoms with E-state index in [9.17, 15) is 22.8 Å². The molecule has 0 aromatic heterocycles. The van der Waals surface area contributed by atoms with E-state index in [0.29, 0.717) is 11.1 Å². The molecule has 0 bridgehead atoms. The van der Waals surface area contributed by atoms with Crippen LogP contribution in [0.25, 0.3) is 11.1 Å². The molecular formula is C15H8F3NO2. The molecule has 106 valence electrons. The molecule has 2 aromatic carbocycles. The van der Waals surface area contributed by atoms with E-state index in [2.05, 4.69) is 5.32 Å². The second kappa shape index (κ2) is 4.44. The minimum Gasteiger partial charge on any atom is -0.288 e. The minimum atomic E-state index is -4.41. The van der Waals surface area contributed by atoms with Crippen LogP contribution >= 0.6 is 0 Å². The maximum atomic E-state index is 12.5. The highest BCUT2D eigenvalue weighted by Gasteiger charge is 2.31. The largest absolute Gasteiger partial charge is 0.416 e. The van der Waals surface area contributed by atoms with Gasteiger partial charge in [-0.3, -0.25) is 14.9 Å². The van der Waals surface area contributed by atoms with Crippen LogP contribution in [0.1, 0.15) is 26.3 Å². The summed E-state index contributed by atoms with van der Waals surface area (Å²) in [5.74, 6) is -1.03. The molecule has 0 unspecified atom stereocenters. The van der Waals surface area contributed by atoms with E-state index in [-0.39, 0.29) is 11.1 Å². The smallest absolute Gasteiger partial charge is 0.288 e. The van der Waals surface area contributed by atoms with E-state index >= 15 is 0 Å². The third-order valence-electron chi connectivity index (χ3n) is 3.29. The molecule has 0 radical (unpaired) electrons. The molecule has 0 fully saturated rings. The average molecular weight is 291 g/mol. The molecule has 0 atom stereocenters. The third-order valence-corrected chi connectivity index (χ3v) is 3.29. The van der Waals surface area contributed by atoms with Gasteiger partial charge in [0.15, 0.2) is 0 Å².